The minimum atomic E-state index is -0.226. The minimum absolute atomic E-state index is 0. The van der Waals surface area contributed by atoms with E-state index in [1.807, 2.05) is 0 Å². The van der Waals surface area contributed by atoms with Gasteiger partial charge in [0.05, 0.1) is 18.3 Å². The SMILES string of the molecule is CON=C1CCC(NCC(=O)N2CCC[C@H]2C#N)CC1.Cl. The van der Waals surface area contributed by atoms with E-state index in [9.17, 15) is 4.79 Å². The summed E-state index contributed by atoms with van der Waals surface area (Å²) in [6.45, 7) is 1.05. The molecule has 2 rings (SSSR count). The zero-order valence-electron chi connectivity index (χ0n) is 12.4. The Bertz CT molecular complexity index is 412. The van der Waals surface area contributed by atoms with Crippen LogP contribution >= 0.6 is 12.4 Å². The lowest BCUT2D eigenvalue weighted by Gasteiger charge is -2.25. The number of hydrogen-bond donors (Lipinski definition) is 1. The molecule has 0 spiro atoms. The van der Waals surface area contributed by atoms with Crippen LogP contribution in [-0.4, -0.2) is 48.8 Å². The first kappa shape index (κ1) is 17.7. The highest BCUT2D eigenvalue weighted by Crippen LogP contribution is 2.18. The fourth-order valence-electron chi connectivity index (χ4n) is 2.91. The monoisotopic (exact) mass is 314 g/mol. The van der Waals surface area contributed by atoms with Crippen LogP contribution in [0.15, 0.2) is 5.16 Å². The Hall–Kier alpha value is -1.32. The van der Waals surface area contributed by atoms with Crippen molar-refractivity contribution in [3.8, 4) is 6.07 Å². The molecule has 1 aliphatic heterocycles. The van der Waals surface area contributed by atoms with Gasteiger partial charge in [0.1, 0.15) is 13.2 Å². The van der Waals surface area contributed by atoms with Gasteiger partial charge in [0.2, 0.25) is 5.91 Å². The first-order valence-electron chi connectivity index (χ1n) is 7.26. The maximum absolute atomic E-state index is 12.1. The van der Waals surface area contributed by atoms with Crippen LogP contribution in [0.3, 0.4) is 0 Å². The number of halogens is 1. The number of carbonyl (C=O) groups excluding carboxylic acids is 1. The normalized spacial score (nSPS) is 25.0. The zero-order chi connectivity index (χ0) is 14.4. The third-order valence-electron chi connectivity index (χ3n) is 4.05. The number of nitriles is 1. The van der Waals surface area contributed by atoms with E-state index >= 15 is 0 Å². The summed E-state index contributed by atoms with van der Waals surface area (Å²) in [7, 11) is 1.57. The van der Waals surface area contributed by atoms with E-state index in [0.717, 1.165) is 44.2 Å². The second kappa shape index (κ2) is 8.85. The summed E-state index contributed by atoms with van der Waals surface area (Å²) in [5.41, 5.74) is 1.10. The summed E-state index contributed by atoms with van der Waals surface area (Å²) < 4.78 is 0. The van der Waals surface area contributed by atoms with Gasteiger partial charge in [0, 0.05) is 12.6 Å². The van der Waals surface area contributed by atoms with E-state index in [-0.39, 0.29) is 24.4 Å². The van der Waals surface area contributed by atoms with Gasteiger partial charge in [-0.15, -0.1) is 12.4 Å². The Kier molecular flexibility index (Phi) is 7.48. The Labute approximate surface area is 131 Å². The Morgan fingerprint density at radius 3 is 2.81 bits per heavy atom. The first-order chi connectivity index (χ1) is 9.74. The second-order valence-electron chi connectivity index (χ2n) is 5.37. The maximum Gasteiger partial charge on any atom is 0.237 e. The molecule has 1 amide bonds. The standard InChI is InChI=1S/C14H22N4O2.ClH/c1-20-17-12-6-4-11(5-7-12)16-10-14(19)18-8-2-3-13(18)9-15;/h11,13,16H,2-8,10H2,1H3;1H/t11?,13-;/m0./s1. The highest BCUT2D eigenvalue weighted by Gasteiger charge is 2.28. The molecule has 0 aromatic heterocycles. The average molecular weight is 315 g/mol. The molecule has 1 aliphatic carbocycles. The number of likely N-dealkylation sites (tertiary alicyclic amines) is 1. The van der Waals surface area contributed by atoms with Crippen LogP contribution in [0.4, 0.5) is 0 Å². The van der Waals surface area contributed by atoms with Gasteiger partial charge in [-0.1, -0.05) is 5.16 Å². The minimum Gasteiger partial charge on any atom is -0.399 e. The van der Waals surface area contributed by atoms with Crippen LogP contribution in [0, 0.1) is 11.3 Å². The lowest BCUT2D eigenvalue weighted by molar-refractivity contribution is -0.130. The zero-order valence-corrected chi connectivity index (χ0v) is 13.2. The molecule has 0 aromatic rings. The first-order valence-corrected chi connectivity index (χ1v) is 7.26. The topological polar surface area (TPSA) is 77.7 Å². The summed E-state index contributed by atoms with van der Waals surface area (Å²) in [5, 5.41) is 16.3. The van der Waals surface area contributed by atoms with E-state index in [0.29, 0.717) is 19.1 Å². The lowest BCUT2D eigenvalue weighted by atomic mass is 9.94. The molecular weight excluding hydrogens is 292 g/mol. The summed E-state index contributed by atoms with van der Waals surface area (Å²) in [6, 6.07) is 2.33. The lowest BCUT2D eigenvalue weighted by Crippen LogP contribution is -2.44. The Balaban J connectivity index is 0.00000220. The van der Waals surface area contributed by atoms with Crippen LogP contribution in [-0.2, 0) is 9.63 Å². The molecule has 2 fully saturated rings. The average Bonchev–Trinajstić information content (AvgIpc) is 2.95. The summed E-state index contributed by atoms with van der Waals surface area (Å²) >= 11 is 0. The van der Waals surface area contributed by atoms with Crippen LogP contribution in [0.1, 0.15) is 38.5 Å². The predicted octanol–water partition coefficient (Wildman–Crippen LogP) is 1.46. The van der Waals surface area contributed by atoms with Crippen molar-refractivity contribution in [3.63, 3.8) is 0 Å². The largest absolute Gasteiger partial charge is 0.399 e. The predicted molar refractivity (Wildman–Crippen MR) is 82.3 cm³/mol. The summed E-state index contributed by atoms with van der Waals surface area (Å²) in [5.74, 6) is 0.0467. The van der Waals surface area contributed by atoms with Crippen molar-refractivity contribution in [2.75, 3.05) is 20.2 Å². The third-order valence-corrected chi connectivity index (χ3v) is 4.05. The van der Waals surface area contributed by atoms with E-state index < -0.39 is 0 Å². The van der Waals surface area contributed by atoms with Crippen molar-refractivity contribution < 1.29 is 9.63 Å². The van der Waals surface area contributed by atoms with Crippen LogP contribution in [0.25, 0.3) is 0 Å². The second-order valence-corrected chi connectivity index (χ2v) is 5.37. The van der Waals surface area contributed by atoms with Gasteiger partial charge in [-0.05, 0) is 38.5 Å². The molecule has 2 aliphatic rings. The number of amides is 1. The quantitative estimate of drug-likeness (QED) is 0.797. The van der Waals surface area contributed by atoms with Gasteiger partial charge in [-0.2, -0.15) is 5.26 Å². The number of oxime groups is 1. The molecule has 1 N–H and O–H groups in total. The highest BCUT2D eigenvalue weighted by molar-refractivity contribution is 5.85. The Morgan fingerprint density at radius 2 is 2.19 bits per heavy atom. The van der Waals surface area contributed by atoms with Gasteiger partial charge >= 0.3 is 0 Å². The number of carbonyl (C=O) groups is 1. The number of rotatable bonds is 4. The van der Waals surface area contributed by atoms with Crippen molar-refractivity contribution in [1.82, 2.24) is 10.2 Å². The van der Waals surface area contributed by atoms with E-state index in [1.165, 1.54) is 0 Å². The van der Waals surface area contributed by atoms with E-state index in [1.54, 1.807) is 12.0 Å². The van der Waals surface area contributed by atoms with Gasteiger partial charge in [-0.3, -0.25) is 4.79 Å². The molecule has 21 heavy (non-hydrogen) atoms. The van der Waals surface area contributed by atoms with Crippen molar-refractivity contribution in [2.45, 2.75) is 50.6 Å². The number of nitrogens with one attached hydrogen (secondary N) is 1. The molecular formula is C14H23ClN4O2. The molecule has 1 atom stereocenters. The van der Waals surface area contributed by atoms with Gasteiger partial charge in [0.15, 0.2) is 0 Å². The van der Waals surface area contributed by atoms with Crippen LogP contribution in [0.5, 0.6) is 0 Å². The summed E-state index contributed by atoms with van der Waals surface area (Å²) in [4.78, 5) is 18.6. The smallest absolute Gasteiger partial charge is 0.237 e. The molecule has 7 heteroatoms. The highest BCUT2D eigenvalue weighted by atomic mass is 35.5. The van der Waals surface area contributed by atoms with Crippen molar-refractivity contribution in [2.24, 2.45) is 5.16 Å². The Morgan fingerprint density at radius 1 is 1.48 bits per heavy atom. The summed E-state index contributed by atoms with van der Waals surface area (Å²) in [6.07, 6.45) is 5.55. The number of hydrogen-bond acceptors (Lipinski definition) is 5. The van der Waals surface area contributed by atoms with Gasteiger partial charge < -0.3 is 15.1 Å². The van der Waals surface area contributed by atoms with Gasteiger partial charge in [0.25, 0.3) is 0 Å². The van der Waals surface area contributed by atoms with Crippen LogP contribution in [0.2, 0.25) is 0 Å². The third kappa shape index (κ3) is 4.87. The molecule has 118 valence electrons. The van der Waals surface area contributed by atoms with E-state index in [2.05, 4.69) is 16.5 Å². The molecule has 1 saturated heterocycles. The molecule has 0 radical (unpaired) electrons. The van der Waals surface area contributed by atoms with Crippen molar-refractivity contribution in [3.05, 3.63) is 0 Å². The van der Waals surface area contributed by atoms with Crippen LogP contribution < -0.4 is 5.32 Å². The van der Waals surface area contributed by atoms with E-state index in [4.69, 9.17) is 10.1 Å². The number of nitrogens with zero attached hydrogens (tertiary/aromatic N) is 3. The molecule has 6 nitrogen and oxygen atoms in total. The molecule has 1 heterocycles. The molecule has 0 bridgehead atoms. The van der Waals surface area contributed by atoms with Gasteiger partial charge in [-0.25, -0.2) is 0 Å². The molecule has 0 unspecified atom stereocenters. The van der Waals surface area contributed by atoms with Crippen molar-refractivity contribution >= 4 is 24.0 Å². The fraction of sp³-hybridized carbons (Fsp3) is 0.786. The molecule has 0 aromatic carbocycles. The molecule has 1 saturated carbocycles. The van der Waals surface area contributed by atoms with Crippen molar-refractivity contribution in [1.29, 1.82) is 5.26 Å². The maximum atomic E-state index is 12.1. The fourth-order valence-corrected chi connectivity index (χ4v) is 2.91.